The number of rotatable bonds is 8. The Morgan fingerprint density at radius 2 is 1.30 bits per heavy atom. The Bertz CT molecular complexity index is 1010. The quantitative estimate of drug-likeness (QED) is 0.285. The van der Waals surface area contributed by atoms with E-state index in [1.807, 2.05) is 79.7 Å². The molecule has 0 unspecified atom stereocenters. The molecule has 0 bridgehead atoms. The summed E-state index contributed by atoms with van der Waals surface area (Å²) < 4.78 is 11.8. The fourth-order valence-corrected chi connectivity index (χ4v) is 3.21. The van der Waals surface area contributed by atoms with Gasteiger partial charge in [0.05, 0.1) is 0 Å². The van der Waals surface area contributed by atoms with E-state index in [1.54, 1.807) is 6.08 Å². The van der Waals surface area contributed by atoms with Gasteiger partial charge in [-0.2, -0.15) is 0 Å². The van der Waals surface area contributed by atoms with E-state index in [-0.39, 0.29) is 5.41 Å². The van der Waals surface area contributed by atoms with Crippen LogP contribution in [0.25, 0.3) is 0 Å². The minimum atomic E-state index is -0.146. The second-order valence-corrected chi connectivity index (χ2v) is 7.50. The molecule has 30 heavy (non-hydrogen) atoms. The number of hydrogen-bond donors (Lipinski definition) is 0. The summed E-state index contributed by atoms with van der Waals surface area (Å²) in [5, 5.41) is 0. The maximum atomic E-state index is 5.93. The van der Waals surface area contributed by atoms with E-state index in [0.29, 0.717) is 0 Å². The highest BCUT2D eigenvalue weighted by Crippen LogP contribution is 2.34. The van der Waals surface area contributed by atoms with Gasteiger partial charge < -0.3 is 9.47 Å². The molecule has 0 aromatic heterocycles. The van der Waals surface area contributed by atoms with Crippen LogP contribution in [-0.4, -0.2) is 0 Å². The summed E-state index contributed by atoms with van der Waals surface area (Å²) in [4.78, 5) is 0. The summed E-state index contributed by atoms with van der Waals surface area (Å²) in [6, 6.07) is 26.3. The highest BCUT2D eigenvalue weighted by Gasteiger charge is 2.23. The zero-order valence-electron chi connectivity index (χ0n) is 17.8. The molecule has 2 nitrogen and oxygen atoms in total. The predicted octanol–water partition coefficient (Wildman–Crippen LogP) is 7.83. The van der Waals surface area contributed by atoms with Gasteiger partial charge in [0.1, 0.15) is 23.0 Å². The molecule has 0 aliphatic heterocycles. The molecule has 0 radical (unpaired) electrons. The van der Waals surface area contributed by atoms with Crippen molar-refractivity contribution in [2.75, 3.05) is 0 Å². The van der Waals surface area contributed by atoms with Crippen LogP contribution in [0, 0.1) is 0 Å². The van der Waals surface area contributed by atoms with Gasteiger partial charge in [0.2, 0.25) is 0 Å². The lowest BCUT2D eigenvalue weighted by Gasteiger charge is -2.26. The van der Waals surface area contributed by atoms with Crippen LogP contribution >= 0.6 is 0 Å². The van der Waals surface area contributed by atoms with Gasteiger partial charge in [-0.1, -0.05) is 75.0 Å². The van der Waals surface area contributed by atoms with Crippen molar-refractivity contribution in [2.24, 2.45) is 0 Å². The number of para-hydroxylation sites is 1. The third-order valence-electron chi connectivity index (χ3n) is 4.98. The van der Waals surface area contributed by atoms with Gasteiger partial charge in [0.25, 0.3) is 0 Å². The van der Waals surface area contributed by atoms with Crippen LogP contribution in [-0.2, 0) is 5.41 Å². The van der Waals surface area contributed by atoms with Gasteiger partial charge in [0.15, 0.2) is 0 Å². The van der Waals surface area contributed by atoms with Crippen molar-refractivity contribution < 1.29 is 9.47 Å². The maximum absolute atomic E-state index is 5.93. The summed E-state index contributed by atoms with van der Waals surface area (Å²) in [5.41, 5.74) is 2.29. The van der Waals surface area contributed by atoms with Crippen LogP contribution < -0.4 is 9.47 Å². The molecule has 0 spiro atoms. The maximum Gasteiger partial charge on any atom is 0.127 e. The van der Waals surface area contributed by atoms with Gasteiger partial charge in [-0.15, -0.1) is 0 Å². The lowest BCUT2D eigenvalue weighted by molar-refractivity contribution is 0.444. The third-order valence-corrected chi connectivity index (χ3v) is 4.98. The standard InChI is InChI=1S/C28H28O2/c1-5-10-24(11-6-2)29-26-18-14-22(15-19-26)28(3,4)23-16-20-27(21-17-23)30-25-12-8-7-9-13-25/h5-21H,1H2,2-4H3/b11-6-,24-10+. The molecule has 3 aromatic rings. The lowest BCUT2D eigenvalue weighted by Crippen LogP contribution is -2.18. The lowest BCUT2D eigenvalue weighted by atomic mass is 9.78. The first kappa shape index (κ1) is 21.2. The highest BCUT2D eigenvalue weighted by atomic mass is 16.5. The van der Waals surface area contributed by atoms with Crippen LogP contribution in [0.5, 0.6) is 17.2 Å². The molecule has 3 rings (SSSR count). The van der Waals surface area contributed by atoms with E-state index < -0.39 is 0 Å². The Morgan fingerprint density at radius 3 is 1.83 bits per heavy atom. The highest BCUT2D eigenvalue weighted by molar-refractivity contribution is 5.43. The fraction of sp³-hybridized carbons (Fsp3) is 0.143. The topological polar surface area (TPSA) is 18.5 Å². The molecule has 0 N–H and O–H groups in total. The molecule has 0 fully saturated rings. The molecule has 0 saturated carbocycles. The van der Waals surface area contributed by atoms with Crippen molar-refractivity contribution in [1.29, 1.82) is 0 Å². The molecule has 0 heterocycles. The van der Waals surface area contributed by atoms with Gasteiger partial charge >= 0.3 is 0 Å². The van der Waals surface area contributed by atoms with Crippen molar-refractivity contribution >= 4 is 0 Å². The van der Waals surface area contributed by atoms with E-state index in [9.17, 15) is 0 Å². The second kappa shape index (κ2) is 9.80. The van der Waals surface area contributed by atoms with Crippen LogP contribution in [0.2, 0.25) is 0 Å². The zero-order chi connectivity index (χ0) is 21.4. The SMILES string of the molecule is C=C/C=C(\C=C/C)Oc1ccc(C(C)(C)c2ccc(Oc3ccccc3)cc2)cc1. The van der Waals surface area contributed by atoms with Crippen molar-refractivity contribution in [3.05, 3.63) is 127 Å². The van der Waals surface area contributed by atoms with E-state index in [1.165, 1.54) is 11.1 Å². The van der Waals surface area contributed by atoms with Crippen molar-refractivity contribution in [1.82, 2.24) is 0 Å². The van der Waals surface area contributed by atoms with Crippen LogP contribution in [0.1, 0.15) is 31.9 Å². The van der Waals surface area contributed by atoms with Gasteiger partial charge in [-0.05, 0) is 66.6 Å². The minimum absolute atomic E-state index is 0.146. The average Bonchev–Trinajstić information content (AvgIpc) is 2.76. The first-order chi connectivity index (χ1) is 14.5. The van der Waals surface area contributed by atoms with Gasteiger partial charge in [-0.3, -0.25) is 0 Å². The first-order valence-corrected chi connectivity index (χ1v) is 10.1. The van der Waals surface area contributed by atoms with Crippen molar-refractivity contribution in [3.8, 4) is 17.2 Å². The van der Waals surface area contributed by atoms with E-state index in [0.717, 1.165) is 23.0 Å². The third kappa shape index (κ3) is 5.30. The number of hydrogen-bond acceptors (Lipinski definition) is 2. The summed E-state index contributed by atoms with van der Waals surface area (Å²) in [6.07, 6.45) is 7.42. The Hall–Kier alpha value is -3.52. The molecular weight excluding hydrogens is 368 g/mol. The normalized spacial score (nSPS) is 12.0. The summed E-state index contributed by atoms with van der Waals surface area (Å²) in [5.74, 6) is 3.22. The van der Waals surface area contributed by atoms with Crippen LogP contribution in [0.3, 0.4) is 0 Å². The van der Waals surface area contributed by atoms with Crippen molar-refractivity contribution in [2.45, 2.75) is 26.2 Å². The minimum Gasteiger partial charge on any atom is -0.457 e. The van der Waals surface area contributed by atoms with Crippen LogP contribution in [0.4, 0.5) is 0 Å². The first-order valence-electron chi connectivity index (χ1n) is 10.1. The molecular formula is C28H28O2. The molecule has 152 valence electrons. The van der Waals surface area contributed by atoms with E-state index >= 15 is 0 Å². The Labute approximate surface area is 179 Å². The van der Waals surface area contributed by atoms with Crippen molar-refractivity contribution in [3.63, 3.8) is 0 Å². The van der Waals surface area contributed by atoms with E-state index in [2.05, 4.69) is 44.7 Å². The Kier molecular flexibility index (Phi) is 6.92. The smallest absolute Gasteiger partial charge is 0.127 e. The van der Waals surface area contributed by atoms with Crippen LogP contribution in [0.15, 0.2) is 116 Å². The molecule has 0 aliphatic rings. The summed E-state index contributed by atoms with van der Waals surface area (Å²) in [7, 11) is 0. The molecule has 0 aliphatic carbocycles. The Morgan fingerprint density at radius 1 is 0.767 bits per heavy atom. The summed E-state index contributed by atoms with van der Waals surface area (Å²) in [6.45, 7) is 10.1. The Balaban J connectivity index is 1.74. The fourth-order valence-electron chi connectivity index (χ4n) is 3.21. The van der Waals surface area contributed by atoms with Gasteiger partial charge in [-0.25, -0.2) is 0 Å². The largest absolute Gasteiger partial charge is 0.457 e. The molecule has 0 amide bonds. The second-order valence-electron chi connectivity index (χ2n) is 7.50. The zero-order valence-corrected chi connectivity index (χ0v) is 17.8. The van der Waals surface area contributed by atoms with Gasteiger partial charge in [0, 0.05) is 5.41 Å². The molecule has 0 saturated heterocycles. The molecule has 2 heteroatoms. The predicted molar refractivity (Wildman–Crippen MR) is 125 cm³/mol. The number of ether oxygens (including phenoxy) is 2. The average molecular weight is 397 g/mol. The molecule has 3 aromatic carbocycles. The van der Waals surface area contributed by atoms with E-state index in [4.69, 9.17) is 9.47 Å². The number of allylic oxidation sites excluding steroid dienone is 4. The molecule has 0 atom stereocenters. The monoisotopic (exact) mass is 396 g/mol. The summed E-state index contributed by atoms with van der Waals surface area (Å²) >= 11 is 0. The number of benzene rings is 3.